The van der Waals surface area contributed by atoms with E-state index in [1.54, 1.807) is 41.2 Å². The van der Waals surface area contributed by atoms with Gasteiger partial charge in [0.1, 0.15) is 17.2 Å². The third-order valence-electron chi connectivity index (χ3n) is 12.7. The molecule has 0 saturated carbocycles. The molecule has 0 spiro atoms. The number of carbonyl (C=O) groups is 3. The predicted octanol–water partition coefficient (Wildman–Crippen LogP) is 8.26. The molecule has 0 unspecified atom stereocenters. The number of carbonyl (C=O) groups excluding carboxylic acids is 3. The van der Waals surface area contributed by atoms with Crippen molar-refractivity contribution in [3.63, 3.8) is 0 Å². The van der Waals surface area contributed by atoms with Gasteiger partial charge < -0.3 is 45.2 Å². The first-order valence-electron chi connectivity index (χ1n) is 22.8. The zero-order valence-corrected chi connectivity index (χ0v) is 39.1. The molecule has 67 heavy (non-hydrogen) atoms. The van der Waals surface area contributed by atoms with Crippen LogP contribution in [-0.4, -0.2) is 112 Å². The van der Waals surface area contributed by atoms with Gasteiger partial charge >= 0.3 is 6.09 Å². The van der Waals surface area contributed by atoms with E-state index in [2.05, 4.69) is 25.9 Å². The lowest BCUT2D eigenvalue weighted by atomic mass is 10.1. The van der Waals surface area contributed by atoms with Gasteiger partial charge in [-0.05, 0) is 83.8 Å². The van der Waals surface area contributed by atoms with Crippen LogP contribution < -0.4 is 35.6 Å². The number of rotatable bonds is 6. The molecule has 0 radical (unpaired) electrons. The Morgan fingerprint density at radius 1 is 0.597 bits per heavy atom. The van der Waals surface area contributed by atoms with Crippen molar-refractivity contribution in [3.05, 3.63) is 109 Å². The highest BCUT2D eigenvalue weighted by molar-refractivity contribution is 6.14. The minimum Gasteiger partial charge on any atom is -0.444 e. The van der Waals surface area contributed by atoms with Crippen LogP contribution in [0.3, 0.4) is 0 Å². The molecular weight excluding hydrogens is 849 g/mol. The summed E-state index contributed by atoms with van der Waals surface area (Å²) in [5.41, 5.74) is 5.82. The number of pyridine rings is 2. The number of ether oxygens (including phenoxy) is 1. The smallest absolute Gasteiger partial charge is 0.410 e. The maximum Gasteiger partial charge on any atom is 0.410 e. The number of likely N-dealkylation sites (tertiary alicyclic amines) is 1. The Labute approximate surface area is 390 Å². The van der Waals surface area contributed by atoms with Gasteiger partial charge in [-0.3, -0.25) is 19.0 Å². The zero-order chi connectivity index (χ0) is 47.0. The Hall–Kier alpha value is -7.47. The van der Waals surface area contributed by atoms with Crippen LogP contribution in [0, 0.1) is 0 Å². The normalized spacial score (nSPS) is 16.5. The van der Waals surface area contributed by atoms with Crippen LogP contribution in [-0.2, 0) is 4.74 Å². The molecule has 4 aromatic heterocycles. The molecule has 3 amide bonds. The lowest BCUT2D eigenvalue weighted by Gasteiger charge is -2.33. The van der Waals surface area contributed by atoms with E-state index < -0.39 is 5.60 Å². The summed E-state index contributed by atoms with van der Waals surface area (Å²) >= 11 is 0. The Bertz CT molecular complexity index is 2780. The number of hydrogen-bond donors (Lipinski definition) is 3. The number of hydrogen-bond acceptors (Lipinski definition) is 13. The van der Waals surface area contributed by atoms with Crippen molar-refractivity contribution in [1.82, 2.24) is 39.7 Å². The van der Waals surface area contributed by atoms with E-state index in [-0.39, 0.29) is 23.9 Å². The highest BCUT2D eigenvalue weighted by Gasteiger charge is 2.31. The highest BCUT2D eigenvalue weighted by atomic mass is 16.6. The lowest BCUT2D eigenvalue weighted by Crippen LogP contribution is -2.42. The molecule has 3 N–H and O–H groups in total. The molecule has 348 valence electrons. The maximum atomic E-state index is 13.0. The van der Waals surface area contributed by atoms with Crippen LogP contribution in [0.15, 0.2) is 97.6 Å². The first kappa shape index (κ1) is 44.7. The molecule has 2 aromatic carbocycles. The molecule has 2 saturated heterocycles. The summed E-state index contributed by atoms with van der Waals surface area (Å²) < 4.78 is 9.49. The minimum atomic E-state index is -0.497. The second kappa shape index (κ2) is 18.4. The van der Waals surface area contributed by atoms with Crippen molar-refractivity contribution in [2.45, 2.75) is 64.1 Å². The largest absolute Gasteiger partial charge is 0.444 e. The molecular formula is C49H58N14O4. The number of anilines is 10. The van der Waals surface area contributed by atoms with Crippen LogP contribution in [0.5, 0.6) is 0 Å². The molecule has 2 fully saturated rings. The fourth-order valence-corrected chi connectivity index (χ4v) is 8.99. The summed E-state index contributed by atoms with van der Waals surface area (Å²) in [7, 11) is 7.47. The third-order valence-corrected chi connectivity index (χ3v) is 12.7. The van der Waals surface area contributed by atoms with Gasteiger partial charge in [0.15, 0.2) is 11.6 Å². The Morgan fingerprint density at radius 3 is 1.51 bits per heavy atom. The number of piperidine rings is 2. The first-order chi connectivity index (χ1) is 32.2. The van der Waals surface area contributed by atoms with E-state index in [0.29, 0.717) is 47.7 Å². The molecule has 6 aromatic rings. The maximum absolute atomic E-state index is 13.0. The van der Waals surface area contributed by atoms with Crippen molar-refractivity contribution in [2.24, 2.45) is 0 Å². The average molecular weight is 907 g/mol. The molecule has 18 heteroatoms. The monoisotopic (exact) mass is 906 g/mol. The van der Waals surface area contributed by atoms with E-state index >= 15 is 0 Å². The lowest BCUT2D eigenvalue weighted by molar-refractivity contribution is 0.0184. The second-order valence-electron chi connectivity index (χ2n) is 18.3. The second-order valence-corrected chi connectivity index (χ2v) is 18.3. The van der Waals surface area contributed by atoms with Crippen LogP contribution in [0.4, 0.5) is 62.2 Å². The number of para-hydroxylation sites is 2. The quantitative estimate of drug-likeness (QED) is 0.146. The molecule has 18 nitrogen and oxygen atoms in total. The summed E-state index contributed by atoms with van der Waals surface area (Å²) in [5.74, 6) is 2.66. The Morgan fingerprint density at radius 2 is 1.04 bits per heavy atom. The number of benzene rings is 2. The van der Waals surface area contributed by atoms with Gasteiger partial charge in [0.25, 0.3) is 11.8 Å². The average Bonchev–Trinajstić information content (AvgIpc) is 4.00. The summed E-state index contributed by atoms with van der Waals surface area (Å²) in [4.78, 5) is 56.5. The Balaban J connectivity index is 0.000000171. The molecule has 4 aliphatic heterocycles. The summed E-state index contributed by atoms with van der Waals surface area (Å²) in [6.45, 7) is 8.96. The van der Waals surface area contributed by atoms with Gasteiger partial charge in [0.05, 0.1) is 69.7 Å². The fraction of sp³-hybridized carbons (Fsp3) is 0.367. The summed E-state index contributed by atoms with van der Waals surface area (Å²) in [6.07, 6.45) is 11.0. The predicted molar refractivity (Wildman–Crippen MR) is 261 cm³/mol. The van der Waals surface area contributed by atoms with E-state index in [0.717, 1.165) is 78.7 Å². The van der Waals surface area contributed by atoms with Gasteiger partial charge in [0, 0.05) is 77.9 Å². The number of nitrogens with zero attached hydrogens (tertiary/aromatic N) is 11. The van der Waals surface area contributed by atoms with Crippen LogP contribution in [0.1, 0.15) is 79.3 Å². The van der Waals surface area contributed by atoms with Crippen molar-refractivity contribution >= 4 is 75.3 Å². The fourth-order valence-electron chi connectivity index (χ4n) is 8.99. The summed E-state index contributed by atoms with van der Waals surface area (Å²) in [6, 6.07) is 23.7. The van der Waals surface area contributed by atoms with Gasteiger partial charge in [-0.25, -0.2) is 14.8 Å². The van der Waals surface area contributed by atoms with E-state index in [4.69, 9.17) is 14.9 Å². The number of nitrogens with one attached hydrogen (secondary N) is 3. The zero-order valence-electron chi connectivity index (χ0n) is 39.1. The number of aromatic nitrogens is 6. The van der Waals surface area contributed by atoms with Crippen LogP contribution in [0.2, 0.25) is 0 Å². The van der Waals surface area contributed by atoms with Gasteiger partial charge in [-0.2, -0.15) is 10.2 Å². The summed E-state index contributed by atoms with van der Waals surface area (Å²) in [5, 5.41) is 19.4. The molecule has 0 bridgehead atoms. The van der Waals surface area contributed by atoms with Crippen molar-refractivity contribution in [3.8, 4) is 0 Å². The molecule has 0 atom stereocenters. The van der Waals surface area contributed by atoms with Crippen molar-refractivity contribution < 1.29 is 19.1 Å². The van der Waals surface area contributed by atoms with Gasteiger partial charge in [0.2, 0.25) is 0 Å². The standard InChI is InChI=1S/C27H33N7O3.C22H25N7O/c1-27(2,3)37-26(36)33-13-10-18(11-14-33)34-15-12-23(30-34)29-24-16-21-22(17-28-24)32(5)25(35)19-8-6-7-9-20(19)31(21)4;1-27-17-6-4-3-5-16(17)22(30)28(2)19-14-24-21(13-18(19)27)25-20-9-12-29(26-20)15-7-10-23-11-8-15/h6-9,12,15-18H,10-11,13-14H2,1-5H3,(H,28,29,30);3-6,9,12-15,23H,7-8,10-11H2,1-2H3,(H,24,25,26). The van der Waals surface area contributed by atoms with Crippen molar-refractivity contribution in [2.75, 3.05) is 84.6 Å². The first-order valence-corrected chi connectivity index (χ1v) is 22.8. The molecule has 0 aliphatic carbocycles. The van der Waals surface area contributed by atoms with Crippen LogP contribution >= 0.6 is 0 Å². The SMILES string of the molecule is CN1C(=O)c2ccccc2N(C)c2cc(Nc3ccn(C4CCN(C(=O)OC(C)(C)C)CC4)n3)ncc21.CN1C(=O)c2ccccc2N(C)c2cc(Nc3ccn(C4CCNCC4)n3)ncc21. The van der Waals surface area contributed by atoms with Crippen molar-refractivity contribution in [1.29, 1.82) is 0 Å². The van der Waals surface area contributed by atoms with Gasteiger partial charge in [-0.1, -0.05) is 24.3 Å². The van der Waals surface area contributed by atoms with E-state index in [1.807, 2.05) is 139 Å². The molecule has 8 heterocycles. The number of fused-ring (bicyclic) bond motifs is 4. The van der Waals surface area contributed by atoms with Gasteiger partial charge in [-0.15, -0.1) is 0 Å². The third kappa shape index (κ3) is 9.34. The van der Waals surface area contributed by atoms with E-state index in [1.165, 1.54) is 0 Å². The molecule has 4 aliphatic rings. The number of amides is 3. The molecule has 10 rings (SSSR count). The Kier molecular flexibility index (Phi) is 12.3. The van der Waals surface area contributed by atoms with E-state index in [9.17, 15) is 14.4 Å². The van der Waals surface area contributed by atoms with Crippen LogP contribution in [0.25, 0.3) is 0 Å². The highest BCUT2D eigenvalue weighted by Crippen LogP contribution is 2.41. The topological polar surface area (TPSA) is 174 Å². The minimum absolute atomic E-state index is 0.0422.